The molecule has 3 nitrogen and oxygen atoms in total. The van der Waals surface area contributed by atoms with Gasteiger partial charge in [0, 0.05) is 19.5 Å². The van der Waals surface area contributed by atoms with Crippen molar-refractivity contribution in [2.24, 2.45) is 5.73 Å². The number of benzene rings is 1. The third-order valence-corrected chi connectivity index (χ3v) is 2.64. The zero-order valence-corrected chi connectivity index (χ0v) is 9.56. The minimum atomic E-state index is 0.591. The summed E-state index contributed by atoms with van der Waals surface area (Å²) in [5.41, 5.74) is 7.70. The van der Waals surface area contributed by atoms with Crippen LogP contribution in [0.2, 0.25) is 0 Å². The summed E-state index contributed by atoms with van der Waals surface area (Å²) in [6.45, 7) is 3.57. The molecule has 0 saturated carbocycles. The molecule has 0 saturated heterocycles. The standard InChI is InChI=1S/C13H17N3/c1-2-13-15-11-7-3-4-8-12(11)16(13)10-6-5-9-14/h3-8H,2,9-10,14H2,1H3. The van der Waals surface area contributed by atoms with Gasteiger partial charge in [-0.1, -0.05) is 31.2 Å². The van der Waals surface area contributed by atoms with Crippen LogP contribution in [0.1, 0.15) is 12.7 Å². The third kappa shape index (κ3) is 1.99. The van der Waals surface area contributed by atoms with Gasteiger partial charge in [-0.2, -0.15) is 0 Å². The van der Waals surface area contributed by atoms with Crippen molar-refractivity contribution in [1.29, 1.82) is 0 Å². The molecule has 0 spiro atoms. The van der Waals surface area contributed by atoms with Crippen molar-refractivity contribution >= 4 is 11.0 Å². The van der Waals surface area contributed by atoms with Gasteiger partial charge in [0.1, 0.15) is 5.82 Å². The maximum Gasteiger partial charge on any atom is 0.109 e. The Bertz CT molecular complexity index is 497. The number of aryl methyl sites for hydroxylation is 1. The summed E-state index contributed by atoms with van der Waals surface area (Å²) in [7, 11) is 0. The lowest BCUT2D eigenvalue weighted by atomic mass is 10.3. The van der Waals surface area contributed by atoms with Crippen molar-refractivity contribution in [3.8, 4) is 0 Å². The third-order valence-electron chi connectivity index (χ3n) is 2.64. The van der Waals surface area contributed by atoms with Gasteiger partial charge in [-0.15, -0.1) is 0 Å². The fourth-order valence-corrected chi connectivity index (χ4v) is 1.88. The molecule has 1 aromatic carbocycles. The van der Waals surface area contributed by atoms with Crippen LogP contribution in [-0.2, 0) is 13.0 Å². The lowest BCUT2D eigenvalue weighted by Gasteiger charge is -2.03. The van der Waals surface area contributed by atoms with Crippen molar-refractivity contribution in [1.82, 2.24) is 9.55 Å². The first-order valence-electron chi connectivity index (χ1n) is 5.66. The van der Waals surface area contributed by atoms with Gasteiger partial charge < -0.3 is 10.3 Å². The molecular formula is C13H17N3. The monoisotopic (exact) mass is 215 g/mol. The Balaban J connectivity index is 2.43. The van der Waals surface area contributed by atoms with E-state index in [1.165, 1.54) is 5.52 Å². The summed E-state index contributed by atoms with van der Waals surface area (Å²) in [5, 5.41) is 0. The number of hydrogen-bond acceptors (Lipinski definition) is 2. The molecule has 0 amide bonds. The van der Waals surface area contributed by atoms with E-state index >= 15 is 0 Å². The van der Waals surface area contributed by atoms with E-state index in [4.69, 9.17) is 5.73 Å². The molecule has 0 aliphatic carbocycles. The van der Waals surface area contributed by atoms with E-state index in [1.807, 2.05) is 18.2 Å². The molecule has 1 aromatic heterocycles. The highest BCUT2D eigenvalue weighted by molar-refractivity contribution is 5.75. The average Bonchev–Trinajstić information content (AvgIpc) is 2.68. The first-order valence-corrected chi connectivity index (χ1v) is 5.66. The Labute approximate surface area is 95.6 Å². The smallest absolute Gasteiger partial charge is 0.109 e. The van der Waals surface area contributed by atoms with E-state index in [2.05, 4.69) is 34.7 Å². The molecule has 2 rings (SSSR count). The van der Waals surface area contributed by atoms with Crippen LogP contribution in [0.25, 0.3) is 11.0 Å². The number of rotatable bonds is 4. The van der Waals surface area contributed by atoms with Crippen molar-refractivity contribution in [3.05, 3.63) is 42.2 Å². The Morgan fingerprint density at radius 3 is 2.88 bits per heavy atom. The van der Waals surface area contributed by atoms with E-state index in [-0.39, 0.29) is 0 Å². The molecule has 0 atom stereocenters. The topological polar surface area (TPSA) is 43.8 Å². The predicted octanol–water partition coefficient (Wildman–Crippen LogP) is 2.11. The predicted molar refractivity (Wildman–Crippen MR) is 67.3 cm³/mol. The van der Waals surface area contributed by atoms with Crippen LogP contribution in [0.4, 0.5) is 0 Å². The van der Waals surface area contributed by atoms with Crippen LogP contribution in [0, 0.1) is 0 Å². The van der Waals surface area contributed by atoms with E-state index < -0.39 is 0 Å². The van der Waals surface area contributed by atoms with E-state index in [1.54, 1.807) is 0 Å². The van der Waals surface area contributed by atoms with Crippen molar-refractivity contribution in [2.45, 2.75) is 19.9 Å². The lowest BCUT2D eigenvalue weighted by Crippen LogP contribution is -2.02. The van der Waals surface area contributed by atoms with Crippen LogP contribution in [-0.4, -0.2) is 16.1 Å². The second-order valence-corrected chi connectivity index (χ2v) is 3.69. The fourth-order valence-electron chi connectivity index (χ4n) is 1.88. The Morgan fingerprint density at radius 1 is 1.31 bits per heavy atom. The van der Waals surface area contributed by atoms with Crippen LogP contribution in [0.3, 0.4) is 0 Å². The Kier molecular flexibility index (Phi) is 3.37. The highest BCUT2D eigenvalue weighted by atomic mass is 15.1. The number of aromatic nitrogens is 2. The summed E-state index contributed by atoms with van der Waals surface area (Å²) in [6, 6.07) is 8.23. The lowest BCUT2D eigenvalue weighted by molar-refractivity contribution is 0.767. The van der Waals surface area contributed by atoms with Gasteiger partial charge in [-0.05, 0) is 12.1 Å². The molecule has 0 unspecified atom stereocenters. The highest BCUT2D eigenvalue weighted by Crippen LogP contribution is 2.16. The number of hydrogen-bond donors (Lipinski definition) is 1. The van der Waals surface area contributed by atoms with Crippen molar-refractivity contribution < 1.29 is 0 Å². The largest absolute Gasteiger partial charge is 0.327 e. The second kappa shape index (κ2) is 4.94. The summed E-state index contributed by atoms with van der Waals surface area (Å²) >= 11 is 0. The Hall–Kier alpha value is -1.61. The van der Waals surface area contributed by atoms with Gasteiger partial charge in [0.15, 0.2) is 0 Å². The quantitative estimate of drug-likeness (QED) is 0.794. The van der Waals surface area contributed by atoms with E-state index in [0.29, 0.717) is 6.54 Å². The molecule has 2 N–H and O–H groups in total. The SMILES string of the molecule is CCc1nc2ccccc2n1CC=CCN. The summed E-state index contributed by atoms with van der Waals surface area (Å²) in [4.78, 5) is 4.61. The summed E-state index contributed by atoms with van der Waals surface area (Å²) in [6.07, 6.45) is 5.02. The minimum absolute atomic E-state index is 0.591. The average molecular weight is 215 g/mol. The van der Waals surface area contributed by atoms with Crippen molar-refractivity contribution in [2.75, 3.05) is 6.54 Å². The highest BCUT2D eigenvalue weighted by Gasteiger charge is 2.06. The maximum atomic E-state index is 5.44. The van der Waals surface area contributed by atoms with Crippen LogP contribution in [0.5, 0.6) is 0 Å². The molecular weight excluding hydrogens is 198 g/mol. The van der Waals surface area contributed by atoms with Crippen LogP contribution in [0.15, 0.2) is 36.4 Å². The number of nitrogens with zero attached hydrogens (tertiary/aromatic N) is 2. The van der Waals surface area contributed by atoms with Gasteiger partial charge in [0.2, 0.25) is 0 Å². The summed E-state index contributed by atoms with van der Waals surface area (Å²) < 4.78 is 2.24. The minimum Gasteiger partial charge on any atom is -0.327 e. The first kappa shape index (κ1) is 10.9. The fraction of sp³-hybridized carbons (Fsp3) is 0.308. The van der Waals surface area contributed by atoms with Gasteiger partial charge in [-0.3, -0.25) is 0 Å². The summed E-state index contributed by atoms with van der Waals surface area (Å²) in [5.74, 6) is 1.13. The maximum absolute atomic E-state index is 5.44. The molecule has 0 aliphatic rings. The zero-order valence-electron chi connectivity index (χ0n) is 9.56. The first-order chi connectivity index (χ1) is 7.86. The number of para-hydroxylation sites is 2. The van der Waals surface area contributed by atoms with Crippen LogP contribution >= 0.6 is 0 Å². The Morgan fingerprint density at radius 2 is 2.12 bits per heavy atom. The van der Waals surface area contributed by atoms with Crippen LogP contribution < -0.4 is 5.73 Å². The van der Waals surface area contributed by atoms with Gasteiger partial charge >= 0.3 is 0 Å². The van der Waals surface area contributed by atoms with E-state index in [9.17, 15) is 0 Å². The molecule has 3 heteroatoms. The molecule has 0 fully saturated rings. The molecule has 0 bridgehead atoms. The number of nitrogens with two attached hydrogens (primary N) is 1. The molecule has 0 radical (unpaired) electrons. The number of imidazole rings is 1. The zero-order chi connectivity index (χ0) is 11.4. The number of allylic oxidation sites excluding steroid dienone is 1. The molecule has 1 heterocycles. The van der Waals surface area contributed by atoms with Crippen molar-refractivity contribution in [3.63, 3.8) is 0 Å². The van der Waals surface area contributed by atoms with Gasteiger partial charge in [0.05, 0.1) is 11.0 Å². The second-order valence-electron chi connectivity index (χ2n) is 3.69. The number of fused-ring (bicyclic) bond motifs is 1. The molecule has 0 aliphatic heterocycles. The van der Waals surface area contributed by atoms with E-state index in [0.717, 1.165) is 24.3 Å². The molecule has 2 aromatic rings. The van der Waals surface area contributed by atoms with Gasteiger partial charge in [-0.25, -0.2) is 4.98 Å². The molecule has 16 heavy (non-hydrogen) atoms. The van der Waals surface area contributed by atoms with Gasteiger partial charge in [0.25, 0.3) is 0 Å². The normalized spacial score (nSPS) is 11.6. The molecule has 84 valence electrons.